The molecule has 1 aromatic heterocycles. The van der Waals surface area contributed by atoms with Crippen LogP contribution in [-0.2, 0) is 15.3 Å². The molecule has 0 aliphatic carbocycles. The Hall–Kier alpha value is -2.51. The first-order valence-electron chi connectivity index (χ1n) is 10.6. The second kappa shape index (κ2) is 8.20. The van der Waals surface area contributed by atoms with E-state index in [1.165, 1.54) is 15.5 Å². The number of hydrogen-bond donors (Lipinski definition) is 2. The molecule has 0 bridgehead atoms. The third-order valence-corrected chi connectivity index (χ3v) is 7.38. The number of benzene rings is 3. The molecule has 1 aliphatic rings. The fourth-order valence-corrected chi connectivity index (χ4v) is 5.86. The highest BCUT2D eigenvalue weighted by atomic mass is 32.1. The van der Waals surface area contributed by atoms with Gasteiger partial charge in [0.25, 0.3) is 0 Å². The molecular weight excluding hydrogens is 406 g/mol. The topological polar surface area (TPSA) is 55.4 Å². The molecule has 5 rings (SSSR count). The van der Waals surface area contributed by atoms with Crippen molar-refractivity contribution in [3.63, 3.8) is 0 Å². The molecule has 3 aromatic carbocycles. The predicted octanol–water partition coefficient (Wildman–Crippen LogP) is 5.13. The van der Waals surface area contributed by atoms with E-state index < -0.39 is 11.3 Å². The molecule has 0 radical (unpaired) electrons. The van der Waals surface area contributed by atoms with Gasteiger partial charge < -0.3 is 20.1 Å². The molecule has 1 fully saturated rings. The van der Waals surface area contributed by atoms with Crippen molar-refractivity contribution in [1.29, 1.82) is 0 Å². The lowest BCUT2D eigenvalue weighted by Crippen LogP contribution is -2.63. The lowest BCUT2D eigenvalue weighted by atomic mass is 9.76. The van der Waals surface area contributed by atoms with E-state index in [0.717, 1.165) is 42.1 Å². The Kier molecular flexibility index (Phi) is 5.40. The SMILES string of the molecule is COC(OC)(c1ccc2ccccc2c1)C1(Nc2nc3ccccc3s2)CCNCC1. The van der Waals surface area contributed by atoms with Gasteiger partial charge in [0.1, 0.15) is 5.54 Å². The normalized spacial score (nSPS) is 16.6. The van der Waals surface area contributed by atoms with E-state index in [9.17, 15) is 0 Å². The van der Waals surface area contributed by atoms with Crippen LogP contribution in [-0.4, -0.2) is 37.8 Å². The number of methoxy groups -OCH3 is 2. The van der Waals surface area contributed by atoms with Crippen LogP contribution < -0.4 is 10.6 Å². The van der Waals surface area contributed by atoms with Crippen molar-refractivity contribution in [2.75, 3.05) is 32.6 Å². The van der Waals surface area contributed by atoms with Gasteiger partial charge in [-0.15, -0.1) is 0 Å². The van der Waals surface area contributed by atoms with Crippen LogP contribution in [0.15, 0.2) is 66.7 Å². The molecule has 1 aliphatic heterocycles. The zero-order valence-electron chi connectivity index (χ0n) is 17.9. The summed E-state index contributed by atoms with van der Waals surface area (Å²) in [5.41, 5.74) is 1.54. The summed E-state index contributed by atoms with van der Waals surface area (Å²) in [6.07, 6.45) is 1.69. The zero-order valence-corrected chi connectivity index (χ0v) is 18.7. The first-order valence-corrected chi connectivity index (χ1v) is 11.5. The minimum Gasteiger partial charge on any atom is -0.350 e. The molecule has 5 nitrogen and oxygen atoms in total. The average Bonchev–Trinajstić information content (AvgIpc) is 3.23. The average molecular weight is 434 g/mol. The van der Waals surface area contributed by atoms with Gasteiger partial charge in [-0.2, -0.15) is 0 Å². The molecule has 0 saturated carbocycles. The van der Waals surface area contributed by atoms with Gasteiger partial charge in [-0.25, -0.2) is 4.98 Å². The molecule has 0 atom stereocenters. The van der Waals surface area contributed by atoms with Crippen LogP contribution in [0.1, 0.15) is 18.4 Å². The van der Waals surface area contributed by atoms with E-state index >= 15 is 0 Å². The number of aromatic nitrogens is 1. The van der Waals surface area contributed by atoms with Gasteiger partial charge in [-0.1, -0.05) is 59.9 Å². The minimum absolute atomic E-state index is 0.474. The van der Waals surface area contributed by atoms with Gasteiger partial charge >= 0.3 is 0 Å². The van der Waals surface area contributed by atoms with E-state index in [0.29, 0.717) is 0 Å². The highest BCUT2D eigenvalue weighted by Crippen LogP contribution is 2.46. The van der Waals surface area contributed by atoms with Gasteiger partial charge in [0.2, 0.25) is 5.79 Å². The van der Waals surface area contributed by atoms with Gasteiger partial charge in [0.15, 0.2) is 5.13 Å². The maximum atomic E-state index is 6.28. The monoisotopic (exact) mass is 433 g/mol. The second-order valence-corrected chi connectivity index (χ2v) is 9.06. The van der Waals surface area contributed by atoms with Crippen molar-refractivity contribution < 1.29 is 9.47 Å². The number of para-hydroxylation sites is 1. The summed E-state index contributed by atoms with van der Waals surface area (Å²) in [4.78, 5) is 4.85. The minimum atomic E-state index is -0.961. The fraction of sp³-hybridized carbons (Fsp3) is 0.320. The van der Waals surface area contributed by atoms with Crippen LogP contribution in [0.4, 0.5) is 5.13 Å². The number of fused-ring (bicyclic) bond motifs is 2. The van der Waals surface area contributed by atoms with Gasteiger partial charge in [0.05, 0.1) is 10.2 Å². The molecule has 31 heavy (non-hydrogen) atoms. The second-order valence-electron chi connectivity index (χ2n) is 8.03. The Morgan fingerprint density at radius 1 is 0.935 bits per heavy atom. The number of anilines is 1. The molecule has 160 valence electrons. The predicted molar refractivity (Wildman–Crippen MR) is 128 cm³/mol. The van der Waals surface area contributed by atoms with E-state index in [-0.39, 0.29) is 0 Å². The Labute approximate surface area is 186 Å². The van der Waals surface area contributed by atoms with Crippen LogP contribution in [0.25, 0.3) is 21.0 Å². The zero-order chi connectivity index (χ0) is 21.3. The Balaban J connectivity index is 1.64. The molecule has 1 saturated heterocycles. The van der Waals surface area contributed by atoms with Crippen LogP contribution in [0.5, 0.6) is 0 Å². The number of thiazole rings is 1. The van der Waals surface area contributed by atoms with Crippen LogP contribution in [0.3, 0.4) is 0 Å². The quantitative estimate of drug-likeness (QED) is 0.413. The smallest absolute Gasteiger partial charge is 0.218 e. The Bertz CT molecular complexity index is 1160. The van der Waals surface area contributed by atoms with Crippen molar-refractivity contribution in [3.8, 4) is 0 Å². The van der Waals surface area contributed by atoms with E-state index in [2.05, 4.69) is 65.2 Å². The highest BCUT2D eigenvalue weighted by Gasteiger charge is 2.55. The van der Waals surface area contributed by atoms with Crippen molar-refractivity contribution in [2.45, 2.75) is 24.2 Å². The van der Waals surface area contributed by atoms with Crippen LogP contribution in [0, 0.1) is 0 Å². The highest BCUT2D eigenvalue weighted by molar-refractivity contribution is 7.22. The summed E-state index contributed by atoms with van der Waals surface area (Å²) in [5, 5.41) is 10.5. The summed E-state index contributed by atoms with van der Waals surface area (Å²) in [6.45, 7) is 1.75. The Morgan fingerprint density at radius 3 is 2.39 bits per heavy atom. The fourth-order valence-electron chi connectivity index (χ4n) is 4.90. The molecule has 0 amide bonds. The lowest BCUT2D eigenvalue weighted by molar-refractivity contribution is -0.257. The summed E-state index contributed by atoms with van der Waals surface area (Å²) in [5.74, 6) is -0.961. The molecule has 0 unspecified atom stereocenters. The first kappa shape index (κ1) is 20.4. The van der Waals surface area contributed by atoms with Crippen molar-refractivity contribution >= 4 is 37.5 Å². The molecule has 4 aromatic rings. The standard InChI is InChI=1S/C25H27N3O2S/c1-29-25(30-2,20-12-11-18-7-3-4-8-19(18)17-20)24(13-15-26-16-14-24)28-23-27-21-9-5-6-10-22(21)31-23/h3-12,17,26H,13-16H2,1-2H3,(H,27,28). The molecule has 2 heterocycles. The van der Waals surface area contributed by atoms with Crippen molar-refractivity contribution in [1.82, 2.24) is 10.3 Å². The first-order chi connectivity index (χ1) is 15.2. The largest absolute Gasteiger partial charge is 0.350 e. The Morgan fingerprint density at radius 2 is 1.65 bits per heavy atom. The van der Waals surface area contributed by atoms with Crippen molar-refractivity contribution in [2.24, 2.45) is 0 Å². The van der Waals surface area contributed by atoms with Gasteiger partial charge in [0, 0.05) is 19.8 Å². The maximum Gasteiger partial charge on any atom is 0.218 e. The van der Waals surface area contributed by atoms with E-state index in [1.807, 2.05) is 12.1 Å². The van der Waals surface area contributed by atoms with E-state index in [4.69, 9.17) is 14.5 Å². The van der Waals surface area contributed by atoms with E-state index in [1.54, 1.807) is 25.6 Å². The van der Waals surface area contributed by atoms with Crippen molar-refractivity contribution in [3.05, 3.63) is 72.3 Å². The molecule has 6 heteroatoms. The number of nitrogens with zero attached hydrogens (tertiary/aromatic N) is 1. The summed E-state index contributed by atoms with van der Waals surface area (Å²) in [6, 6.07) is 23.1. The number of hydrogen-bond acceptors (Lipinski definition) is 6. The van der Waals surface area contributed by atoms with Gasteiger partial charge in [-0.05, 0) is 54.9 Å². The third-order valence-electron chi connectivity index (χ3n) is 6.43. The molecular formula is C25H27N3O2S. The number of ether oxygens (including phenoxy) is 2. The lowest BCUT2D eigenvalue weighted by Gasteiger charge is -2.51. The molecule has 0 spiro atoms. The van der Waals surface area contributed by atoms with Crippen LogP contribution >= 0.6 is 11.3 Å². The summed E-state index contributed by atoms with van der Waals surface area (Å²) >= 11 is 1.67. The summed E-state index contributed by atoms with van der Waals surface area (Å²) < 4.78 is 13.7. The summed E-state index contributed by atoms with van der Waals surface area (Å²) in [7, 11) is 3.48. The number of piperidine rings is 1. The number of nitrogens with one attached hydrogen (secondary N) is 2. The third kappa shape index (κ3) is 3.40. The number of rotatable bonds is 6. The van der Waals surface area contributed by atoms with Crippen LogP contribution in [0.2, 0.25) is 0 Å². The maximum absolute atomic E-state index is 6.28. The molecule has 2 N–H and O–H groups in total. The van der Waals surface area contributed by atoms with Gasteiger partial charge in [-0.3, -0.25) is 0 Å².